The van der Waals surface area contributed by atoms with Gasteiger partial charge in [-0.05, 0) is 30.3 Å². The van der Waals surface area contributed by atoms with Crippen LogP contribution in [0.4, 0.5) is 21.5 Å². The minimum atomic E-state index is -0.614. The van der Waals surface area contributed by atoms with E-state index in [0.29, 0.717) is 22.8 Å². The predicted octanol–water partition coefficient (Wildman–Crippen LogP) is 2.26. The number of methoxy groups -OCH3 is 1. The summed E-state index contributed by atoms with van der Waals surface area (Å²) in [5, 5.41) is 3.02. The molecule has 0 atom stereocenters. The zero-order valence-corrected chi connectivity index (χ0v) is 10.8. The highest BCUT2D eigenvalue weighted by molar-refractivity contribution is 5.99. The Morgan fingerprint density at radius 3 is 2.65 bits per heavy atom. The second kappa shape index (κ2) is 5.48. The Bertz CT molecular complexity index is 659. The van der Waals surface area contributed by atoms with E-state index in [1.54, 1.807) is 12.1 Å². The van der Waals surface area contributed by atoms with Crippen molar-refractivity contribution in [2.45, 2.75) is 0 Å². The quantitative estimate of drug-likeness (QED) is 0.746. The first-order chi connectivity index (χ1) is 9.51. The van der Waals surface area contributed by atoms with Gasteiger partial charge in [-0.3, -0.25) is 4.79 Å². The lowest BCUT2D eigenvalue weighted by molar-refractivity contribution is 0.100. The number of halogens is 1. The highest BCUT2D eigenvalue weighted by Gasteiger charge is 2.09. The normalized spacial score (nSPS) is 10.1. The molecule has 104 valence electrons. The number of rotatable bonds is 4. The molecule has 6 heteroatoms. The average Bonchev–Trinajstić information content (AvgIpc) is 2.42. The third kappa shape index (κ3) is 2.80. The Labute approximate surface area is 115 Å². The van der Waals surface area contributed by atoms with Crippen LogP contribution in [0.2, 0.25) is 0 Å². The molecule has 0 aliphatic rings. The zero-order chi connectivity index (χ0) is 14.7. The SMILES string of the molecule is COc1cc(F)ccc1Nc1ccc(N)c(C(N)=O)c1. The van der Waals surface area contributed by atoms with Crippen LogP contribution in [-0.4, -0.2) is 13.0 Å². The third-order valence-electron chi connectivity index (χ3n) is 2.76. The summed E-state index contributed by atoms with van der Waals surface area (Å²) in [6.07, 6.45) is 0. The van der Waals surface area contributed by atoms with Gasteiger partial charge in [-0.15, -0.1) is 0 Å². The first kappa shape index (κ1) is 13.7. The second-order valence-corrected chi connectivity index (χ2v) is 4.14. The lowest BCUT2D eigenvalue weighted by atomic mass is 10.1. The number of carbonyl (C=O) groups excluding carboxylic acids is 1. The molecule has 0 spiro atoms. The van der Waals surface area contributed by atoms with E-state index in [2.05, 4.69) is 5.32 Å². The van der Waals surface area contributed by atoms with Gasteiger partial charge >= 0.3 is 0 Å². The summed E-state index contributed by atoms with van der Waals surface area (Å²) in [7, 11) is 1.44. The number of carbonyl (C=O) groups is 1. The van der Waals surface area contributed by atoms with Gasteiger partial charge in [0.25, 0.3) is 5.91 Å². The van der Waals surface area contributed by atoms with Crippen LogP contribution < -0.4 is 21.5 Å². The number of nitrogens with one attached hydrogen (secondary N) is 1. The molecule has 5 nitrogen and oxygen atoms in total. The van der Waals surface area contributed by atoms with E-state index < -0.39 is 11.7 Å². The van der Waals surface area contributed by atoms with Crippen LogP contribution >= 0.6 is 0 Å². The highest BCUT2D eigenvalue weighted by atomic mass is 19.1. The van der Waals surface area contributed by atoms with Crippen molar-refractivity contribution in [3.8, 4) is 5.75 Å². The van der Waals surface area contributed by atoms with Crippen LogP contribution in [0.15, 0.2) is 36.4 Å². The maximum absolute atomic E-state index is 13.1. The first-order valence-electron chi connectivity index (χ1n) is 5.81. The van der Waals surface area contributed by atoms with E-state index in [9.17, 15) is 9.18 Å². The summed E-state index contributed by atoms with van der Waals surface area (Å²) < 4.78 is 18.2. The van der Waals surface area contributed by atoms with Crippen molar-refractivity contribution in [1.29, 1.82) is 0 Å². The third-order valence-corrected chi connectivity index (χ3v) is 2.76. The Kier molecular flexibility index (Phi) is 3.74. The largest absolute Gasteiger partial charge is 0.494 e. The number of anilines is 3. The highest BCUT2D eigenvalue weighted by Crippen LogP contribution is 2.29. The van der Waals surface area contributed by atoms with Crippen molar-refractivity contribution < 1.29 is 13.9 Å². The van der Waals surface area contributed by atoms with Crippen LogP contribution in [0.5, 0.6) is 5.75 Å². The standard InChI is InChI=1S/C14H14FN3O2/c1-20-13-6-8(15)2-5-12(13)18-9-3-4-11(16)10(7-9)14(17)19/h2-7,18H,16H2,1H3,(H2,17,19). The monoisotopic (exact) mass is 275 g/mol. The molecule has 0 heterocycles. The van der Waals surface area contributed by atoms with Gasteiger partial charge in [0.15, 0.2) is 0 Å². The van der Waals surface area contributed by atoms with Crippen LogP contribution in [-0.2, 0) is 0 Å². The molecule has 0 aliphatic heterocycles. The van der Waals surface area contributed by atoms with Crippen molar-refractivity contribution in [2.24, 2.45) is 5.73 Å². The summed E-state index contributed by atoms with van der Waals surface area (Å²) in [5.41, 5.74) is 12.6. The Morgan fingerprint density at radius 2 is 2.00 bits per heavy atom. The number of benzene rings is 2. The molecule has 0 saturated heterocycles. The molecule has 2 aromatic carbocycles. The van der Waals surface area contributed by atoms with E-state index in [1.165, 1.54) is 31.4 Å². The molecule has 5 N–H and O–H groups in total. The molecule has 0 saturated carbocycles. The fourth-order valence-corrected chi connectivity index (χ4v) is 1.77. The fraction of sp³-hybridized carbons (Fsp3) is 0.0714. The molecule has 0 bridgehead atoms. The second-order valence-electron chi connectivity index (χ2n) is 4.14. The summed E-state index contributed by atoms with van der Waals surface area (Å²) in [6, 6.07) is 8.88. The first-order valence-corrected chi connectivity index (χ1v) is 5.81. The number of hydrogen-bond acceptors (Lipinski definition) is 4. The summed E-state index contributed by atoms with van der Waals surface area (Å²) >= 11 is 0. The molecule has 0 aromatic heterocycles. The number of amides is 1. The molecular formula is C14H14FN3O2. The van der Waals surface area contributed by atoms with Crippen molar-refractivity contribution in [1.82, 2.24) is 0 Å². The smallest absolute Gasteiger partial charge is 0.250 e. The molecule has 0 unspecified atom stereocenters. The minimum Gasteiger partial charge on any atom is -0.494 e. The van der Waals surface area contributed by atoms with E-state index in [-0.39, 0.29) is 5.56 Å². The van der Waals surface area contributed by atoms with Gasteiger partial charge in [-0.1, -0.05) is 0 Å². The summed E-state index contributed by atoms with van der Waals surface area (Å²) in [6.45, 7) is 0. The Balaban J connectivity index is 2.35. The van der Waals surface area contributed by atoms with E-state index in [4.69, 9.17) is 16.2 Å². The van der Waals surface area contributed by atoms with Gasteiger partial charge < -0.3 is 21.5 Å². The summed E-state index contributed by atoms with van der Waals surface area (Å²) in [5.74, 6) is -0.665. The number of primary amides is 1. The van der Waals surface area contributed by atoms with Gasteiger partial charge in [-0.2, -0.15) is 0 Å². The molecule has 0 radical (unpaired) electrons. The predicted molar refractivity (Wildman–Crippen MR) is 75.6 cm³/mol. The fourth-order valence-electron chi connectivity index (χ4n) is 1.77. The number of hydrogen-bond donors (Lipinski definition) is 3. The van der Waals surface area contributed by atoms with Crippen LogP contribution in [0.1, 0.15) is 10.4 Å². The van der Waals surface area contributed by atoms with Crippen LogP contribution in [0.25, 0.3) is 0 Å². The van der Waals surface area contributed by atoms with Gasteiger partial charge in [0.05, 0.1) is 18.4 Å². The summed E-state index contributed by atoms with van der Waals surface area (Å²) in [4.78, 5) is 11.2. The molecule has 0 fully saturated rings. The van der Waals surface area contributed by atoms with Gasteiger partial charge in [0.2, 0.25) is 0 Å². The lowest BCUT2D eigenvalue weighted by Gasteiger charge is -2.12. The van der Waals surface area contributed by atoms with Gasteiger partial charge in [-0.25, -0.2) is 4.39 Å². The van der Waals surface area contributed by atoms with Crippen molar-refractivity contribution in [3.63, 3.8) is 0 Å². The maximum Gasteiger partial charge on any atom is 0.250 e. The minimum absolute atomic E-state index is 0.219. The molecular weight excluding hydrogens is 261 g/mol. The average molecular weight is 275 g/mol. The number of nitrogen functional groups attached to an aromatic ring is 1. The zero-order valence-electron chi connectivity index (χ0n) is 10.8. The topological polar surface area (TPSA) is 90.4 Å². The number of ether oxygens (including phenoxy) is 1. The number of nitrogens with two attached hydrogens (primary N) is 2. The van der Waals surface area contributed by atoms with E-state index in [0.717, 1.165) is 0 Å². The Morgan fingerprint density at radius 1 is 1.25 bits per heavy atom. The molecule has 0 aliphatic carbocycles. The Hall–Kier alpha value is -2.76. The van der Waals surface area contributed by atoms with Gasteiger partial charge in [0.1, 0.15) is 11.6 Å². The molecule has 2 aromatic rings. The van der Waals surface area contributed by atoms with Crippen molar-refractivity contribution >= 4 is 23.0 Å². The van der Waals surface area contributed by atoms with Crippen LogP contribution in [0, 0.1) is 5.82 Å². The molecule has 2 rings (SSSR count). The van der Waals surface area contributed by atoms with E-state index in [1.807, 2.05) is 0 Å². The lowest BCUT2D eigenvalue weighted by Crippen LogP contribution is -2.13. The maximum atomic E-state index is 13.1. The van der Waals surface area contributed by atoms with Gasteiger partial charge in [0, 0.05) is 17.4 Å². The van der Waals surface area contributed by atoms with Crippen LogP contribution in [0.3, 0.4) is 0 Å². The molecule has 20 heavy (non-hydrogen) atoms. The molecule has 1 amide bonds. The van der Waals surface area contributed by atoms with Crippen molar-refractivity contribution in [3.05, 3.63) is 47.8 Å². The van der Waals surface area contributed by atoms with E-state index >= 15 is 0 Å². The van der Waals surface area contributed by atoms with Crippen molar-refractivity contribution in [2.75, 3.05) is 18.2 Å².